The molecule has 2 aromatic rings. The molecule has 0 saturated heterocycles. The van der Waals surface area contributed by atoms with Crippen molar-refractivity contribution >= 4 is 28.8 Å². The standard InChI is InChI=1S/C19H22N4O2/c1-19(2,18(21)25)13-22-17(24)9-8-14-12-23(11-5-10-20)16-7-4-3-6-15(14)16/h3-4,6-9,12H,5,11,13H2,1-2H3,(H2,21,25)(H,22,24). The number of hydrogen-bond donors (Lipinski definition) is 2. The van der Waals surface area contributed by atoms with Gasteiger partial charge in [-0.15, -0.1) is 0 Å². The lowest BCUT2D eigenvalue weighted by atomic mass is 9.93. The molecule has 0 atom stereocenters. The Morgan fingerprint density at radius 1 is 1.36 bits per heavy atom. The first-order valence-corrected chi connectivity index (χ1v) is 8.06. The Morgan fingerprint density at radius 3 is 2.76 bits per heavy atom. The van der Waals surface area contributed by atoms with E-state index in [1.165, 1.54) is 6.08 Å². The molecule has 0 bridgehead atoms. The van der Waals surface area contributed by atoms with Crippen molar-refractivity contribution in [2.45, 2.75) is 26.8 Å². The summed E-state index contributed by atoms with van der Waals surface area (Å²) in [5, 5.41) is 12.5. The van der Waals surface area contributed by atoms with Crippen LogP contribution in [-0.4, -0.2) is 22.9 Å². The van der Waals surface area contributed by atoms with E-state index < -0.39 is 11.3 Å². The Hall–Kier alpha value is -3.07. The third-order valence-corrected chi connectivity index (χ3v) is 4.07. The quantitative estimate of drug-likeness (QED) is 0.757. The molecule has 1 aromatic heterocycles. The van der Waals surface area contributed by atoms with Gasteiger partial charge in [-0.3, -0.25) is 9.59 Å². The number of carbonyl (C=O) groups excluding carboxylic acids is 2. The second-order valence-electron chi connectivity index (χ2n) is 6.50. The first kappa shape index (κ1) is 18.3. The number of benzene rings is 1. The van der Waals surface area contributed by atoms with Gasteiger partial charge in [0.1, 0.15) is 0 Å². The molecule has 130 valence electrons. The predicted molar refractivity (Wildman–Crippen MR) is 97.2 cm³/mol. The number of para-hydroxylation sites is 1. The topological polar surface area (TPSA) is 101 Å². The Morgan fingerprint density at radius 2 is 2.08 bits per heavy atom. The van der Waals surface area contributed by atoms with Crippen LogP contribution in [0.25, 0.3) is 17.0 Å². The Balaban J connectivity index is 2.14. The minimum atomic E-state index is -0.795. The molecule has 6 heteroatoms. The van der Waals surface area contributed by atoms with Crippen LogP contribution in [0.2, 0.25) is 0 Å². The van der Waals surface area contributed by atoms with Crippen molar-refractivity contribution in [3.05, 3.63) is 42.1 Å². The zero-order chi connectivity index (χ0) is 18.4. The van der Waals surface area contributed by atoms with E-state index >= 15 is 0 Å². The van der Waals surface area contributed by atoms with Gasteiger partial charge in [-0.25, -0.2) is 0 Å². The monoisotopic (exact) mass is 338 g/mol. The summed E-state index contributed by atoms with van der Waals surface area (Å²) in [5.74, 6) is -0.750. The summed E-state index contributed by atoms with van der Waals surface area (Å²) in [7, 11) is 0. The van der Waals surface area contributed by atoms with Gasteiger partial charge < -0.3 is 15.6 Å². The molecular formula is C19H22N4O2. The smallest absolute Gasteiger partial charge is 0.244 e. The molecule has 3 N–H and O–H groups in total. The second-order valence-corrected chi connectivity index (χ2v) is 6.50. The number of primary amides is 1. The fourth-order valence-electron chi connectivity index (χ4n) is 2.38. The largest absolute Gasteiger partial charge is 0.369 e. The Kier molecular flexibility index (Phi) is 5.60. The highest BCUT2D eigenvalue weighted by Crippen LogP contribution is 2.22. The predicted octanol–water partition coefficient (Wildman–Crippen LogP) is 2.20. The lowest BCUT2D eigenvalue weighted by molar-refractivity contribution is -0.126. The zero-order valence-electron chi connectivity index (χ0n) is 14.5. The molecule has 0 aliphatic heterocycles. The molecule has 0 aliphatic carbocycles. The highest BCUT2D eigenvalue weighted by atomic mass is 16.2. The number of fused-ring (bicyclic) bond motifs is 1. The summed E-state index contributed by atoms with van der Waals surface area (Å²) in [6, 6.07) is 9.98. The number of nitriles is 1. The van der Waals surface area contributed by atoms with Gasteiger partial charge in [0, 0.05) is 41.8 Å². The summed E-state index contributed by atoms with van der Waals surface area (Å²) in [6.07, 6.45) is 5.52. The van der Waals surface area contributed by atoms with E-state index in [0.29, 0.717) is 13.0 Å². The molecule has 6 nitrogen and oxygen atoms in total. The summed E-state index contributed by atoms with van der Waals surface area (Å²) in [6.45, 7) is 4.14. The van der Waals surface area contributed by atoms with Crippen molar-refractivity contribution in [3.63, 3.8) is 0 Å². The lowest BCUT2D eigenvalue weighted by Gasteiger charge is -2.19. The van der Waals surface area contributed by atoms with E-state index in [4.69, 9.17) is 11.0 Å². The fourth-order valence-corrected chi connectivity index (χ4v) is 2.38. The Bertz CT molecular complexity index is 856. The maximum Gasteiger partial charge on any atom is 0.244 e. The van der Waals surface area contributed by atoms with Gasteiger partial charge in [-0.2, -0.15) is 5.26 Å². The van der Waals surface area contributed by atoms with Crippen LogP contribution in [0, 0.1) is 16.7 Å². The SMILES string of the molecule is CC(C)(CNC(=O)C=Cc1cn(CCC#N)c2ccccc12)C(N)=O. The molecule has 1 aromatic carbocycles. The van der Waals surface area contributed by atoms with Gasteiger partial charge in [0.2, 0.25) is 11.8 Å². The van der Waals surface area contributed by atoms with Crippen molar-refractivity contribution in [2.24, 2.45) is 11.1 Å². The van der Waals surface area contributed by atoms with Crippen LogP contribution in [0.1, 0.15) is 25.8 Å². The number of carbonyl (C=O) groups is 2. The second kappa shape index (κ2) is 7.67. The first-order chi connectivity index (χ1) is 11.8. The van der Waals surface area contributed by atoms with Gasteiger partial charge in [0.15, 0.2) is 0 Å². The molecule has 0 unspecified atom stereocenters. The Labute approximate surface area is 146 Å². The molecule has 2 amide bonds. The van der Waals surface area contributed by atoms with E-state index in [9.17, 15) is 9.59 Å². The highest BCUT2D eigenvalue weighted by Gasteiger charge is 2.24. The minimum absolute atomic E-state index is 0.176. The lowest BCUT2D eigenvalue weighted by Crippen LogP contribution is -2.41. The highest BCUT2D eigenvalue weighted by molar-refractivity contribution is 5.96. The summed E-state index contributed by atoms with van der Waals surface area (Å²) in [4.78, 5) is 23.3. The van der Waals surface area contributed by atoms with Crippen LogP contribution in [0.15, 0.2) is 36.5 Å². The maximum atomic E-state index is 12.0. The van der Waals surface area contributed by atoms with Gasteiger partial charge in [-0.05, 0) is 26.0 Å². The van der Waals surface area contributed by atoms with Gasteiger partial charge >= 0.3 is 0 Å². The number of nitrogens with one attached hydrogen (secondary N) is 1. The van der Waals surface area contributed by atoms with E-state index in [-0.39, 0.29) is 12.5 Å². The van der Waals surface area contributed by atoms with Gasteiger partial charge in [-0.1, -0.05) is 18.2 Å². The van der Waals surface area contributed by atoms with Gasteiger partial charge in [0.05, 0.1) is 17.9 Å². The van der Waals surface area contributed by atoms with Crippen LogP contribution in [0.5, 0.6) is 0 Å². The molecule has 0 radical (unpaired) electrons. The summed E-state index contributed by atoms with van der Waals surface area (Å²) in [5.41, 5.74) is 6.42. The number of nitrogens with two attached hydrogens (primary N) is 1. The normalized spacial score (nSPS) is 11.6. The number of hydrogen-bond acceptors (Lipinski definition) is 3. The number of aromatic nitrogens is 1. The van der Waals surface area contributed by atoms with Crippen molar-refractivity contribution in [1.82, 2.24) is 9.88 Å². The molecule has 25 heavy (non-hydrogen) atoms. The van der Waals surface area contributed by atoms with E-state index in [1.807, 2.05) is 35.0 Å². The maximum absolute atomic E-state index is 12.0. The van der Waals surface area contributed by atoms with Crippen LogP contribution < -0.4 is 11.1 Å². The summed E-state index contributed by atoms with van der Waals surface area (Å²) >= 11 is 0. The van der Waals surface area contributed by atoms with Crippen LogP contribution in [0.4, 0.5) is 0 Å². The van der Waals surface area contributed by atoms with Gasteiger partial charge in [0.25, 0.3) is 0 Å². The minimum Gasteiger partial charge on any atom is -0.369 e. The van der Waals surface area contributed by atoms with Crippen LogP contribution in [-0.2, 0) is 16.1 Å². The summed E-state index contributed by atoms with van der Waals surface area (Å²) < 4.78 is 2.01. The molecular weight excluding hydrogens is 316 g/mol. The third-order valence-electron chi connectivity index (χ3n) is 4.07. The molecule has 0 aliphatic rings. The van der Waals surface area contributed by atoms with E-state index in [2.05, 4.69) is 11.4 Å². The van der Waals surface area contributed by atoms with Crippen molar-refractivity contribution < 1.29 is 9.59 Å². The number of rotatable bonds is 7. The first-order valence-electron chi connectivity index (χ1n) is 8.06. The molecule has 0 saturated carbocycles. The number of amides is 2. The molecule has 0 spiro atoms. The average Bonchev–Trinajstić information content (AvgIpc) is 2.94. The fraction of sp³-hybridized carbons (Fsp3) is 0.316. The van der Waals surface area contributed by atoms with E-state index in [1.54, 1.807) is 19.9 Å². The number of nitrogens with zero attached hydrogens (tertiary/aromatic N) is 2. The molecule has 0 fully saturated rings. The van der Waals surface area contributed by atoms with Crippen molar-refractivity contribution in [3.8, 4) is 6.07 Å². The van der Waals surface area contributed by atoms with Crippen LogP contribution >= 0.6 is 0 Å². The van der Waals surface area contributed by atoms with Crippen LogP contribution in [0.3, 0.4) is 0 Å². The van der Waals surface area contributed by atoms with Crippen molar-refractivity contribution in [2.75, 3.05) is 6.54 Å². The zero-order valence-corrected chi connectivity index (χ0v) is 14.5. The van der Waals surface area contributed by atoms with E-state index in [0.717, 1.165) is 16.5 Å². The molecule has 2 rings (SSSR count). The number of aryl methyl sites for hydroxylation is 1. The average molecular weight is 338 g/mol. The third kappa shape index (κ3) is 4.48. The molecule has 1 heterocycles. The van der Waals surface area contributed by atoms with Crippen molar-refractivity contribution in [1.29, 1.82) is 5.26 Å².